The van der Waals surface area contributed by atoms with Crippen LogP contribution in [0.2, 0.25) is 0 Å². The molecule has 128 valence electrons. The molecule has 0 bridgehead atoms. The Kier molecular flexibility index (Phi) is 4.80. The smallest absolute Gasteiger partial charge is 0.261 e. The molecule has 1 saturated heterocycles. The maximum atomic E-state index is 12.9. The van der Waals surface area contributed by atoms with Crippen molar-refractivity contribution in [1.29, 1.82) is 0 Å². The predicted octanol–water partition coefficient (Wildman–Crippen LogP) is 1.12. The summed E-state index contributed by atoms with van der Waals surface area (Å²) in [5, 5.41) is 4.19. The number of aromatic nitrogens is 3. The van der Waals surface area contributed by atoms with Gasteiger partial charge in [-0.15, -0.1) is 0 Å². The molecule has 1 amide bonds. The number of nitrogens with one attached hydrogen (secondary N) is 1. The SMILES string of the molecule is Cc1cc(C)c(C(=O)N2CCCO[C@@H](Cn3cccn3)C2)c(=O)[nH]1. The first kappa shape index (κ1) is 16.4. The van der Waals surface area contributed by atoms with E-state index in [4.69, 9.17) is 4.74 Å². The lowest BCUT2D eigenvalue weighted by Crippen LogP contribution is -2.41. The van der Waals surface area contributed by atoms with E-state index >= 15 is 0 Å². The highest BCUT2D eigenvalue weighted by atomic mass is 16.5. The highest BCUT2D eigenvalue weighted by Crippen LogP contribution is 2.13. The van der Waals surface area contributed by atoms with Gasteiger partial charge >= 0.3 is 0 Å². The van der Waals surface area contributed by atoms with Crippen LogP contribution in [0, 0.1) is 13.8 Å². The lowest BCUT2D eigenvalue weighted by molar-refractivity contribution is 0.0366. The van der Waals surface area contributed by atoms with Gasteiger partial charge in [-0.1, -0.05) is 0 Å². The number of H-pyrrole nitrogens is 1. The summed E-state index contributed by atoms with van der Waals surface area (Å²) in [6.07, 6.45) is 4.20. The lowest BCUT2D eigenvalue weighted by atomic mass is 10.1. The molecule has 1 atom stereocenters. The maximum Gasteiger partial charge on any atom is 0.261 e. The van der Waals surface area contributed by atoms with E-state index in [0.29, 0.717) is 31.8 Å². The fourth-order valence-corrected chi connectivity index (χ4v) is 3.08. The number of pyridine rings is 1. The van der Waals surface area contributed by atoms with Gasteiger partial charge in [0.15, 0.2) is 0 Å². The minimum absolute atomic E-state index is 0.138. The van der Waals surface area contributed by atoms with E-state index in [9.17, 15) is 9.59 Å². The van der Waals surface area contributed by atoms with Crippen molar-refractivity contribution < 1.29 is 9.53 Å². The average molecular weight is 330 g/mol. The topological polar surface area (TPSA) is 80.2 Å². The van der Waals surface area contributed by atoms with Crippen LogP contribution < -0.4 is 5.56 Å². The van der Waals surface area contributed by atoms with Crippen molar-refractivity contribution in [3.8, 4) is 0 Å². The normalized spacial score (nSPS) is 18.4. The Labute approximate surface area is 140 Å². The summed E-state index contributed by atoms with van der Waals surface area (Å²) in [6.45, 7) is 5.82. The van der Waals surface area contributed by atoms with E-state index in [1.165, 1.54) is 0 Å². The lowest BCUT2D eigenvalue weighted by Gasteiger charge is -2.24. The molecule has 1 fully saturated rings. The fraction of sp³-hybridized carbons (Fsp3) is 0.471. The largest absolute Gasteiger partial charge is 0.374 e. The molecule has 3 rings (SSSR count). The second kappa shape index (κ2) is 7.00. The molecule has 1 N–H and O–H groups in total. The van der Waals surface area contributed by atoms with Crippen LogP contribution in [0.3, 0.4) is 0 Å². The van der Waals surface area contributed by atoms with Crippen molar-refractivity contribution in [1.82, 2.24) is 19.7 Å². The van der Waals surface area contributed by atoms with Crippen molar-refractivity contribution >= 4 is 5.91 Å². The number of carbonyl (C=O) groups excluding carboxylic acids is 1. The van der Waals surface area contributed by atoms with Crippen molar-refractivity contribution in [2.75, 3.05) is 19.7 Å². The van der Waals surface area contributed by atoms with Gasteiger partial charge < -0.3 is 14.6 Å². The Morgan fingerprint density at radius 3 is 3.00 bits per heavy atom. The Bertz CT molecular complexity index is 767. The van der Waals surface area contributed by atoms with Gasteiger partial charge in [0, 0.05) is 37.8 Å². The summed E-state index contributed by atoms with van der Waals surface area (Å²) in [5.74, 6) is -0.232. The van der Waals surface area contributed by atoms with Crippen molar-refractivity contribution in [2.45, 2.75) is 32.9 Å². The van der Waals surface area contributed by atoms with Gasteiger partial charge in [0.05, 0.1) is 12.6 Å². The summed E-state index contributed by atoms with van der Waals surface area (Å²) in [5.41, 5.74) is 1.35. The third-order valence-electron chi connectivity index (χ3n) is 4.17. The molecule has 0 aliphatic carbocycles. The first-order valence-corrected chi connectivity index (χ1v) is 8.13. The second-order valence-electron chi connectivity index (χ2n) is 6.17. The highest BCUT2D eigenvalue weighted by Gasteiger charge is 2.26. The molecule has 3 heterocycles. The van der Waals surface area contributed by atoms with Gasteiger partial charge in [-0.25, -0.2) is 0 Å². The van der Waals surface area contributed by atoms with Gasteiger partial charge in [-0.3, -0.25) is 14.3 Å². The van der Waals surface area contributed by atoms with E-state index in [1.54, 1.807) is 22.7 Å². The fourth-order valence-electron chi connectivity index (χ4n) is 3.08. The van der Waals surface area contributed by atoms with Crippen LogP contribution in [0.4, 0.5) is 0 Å². The molecule has 2 aromatic rings. The quantitative estimate of drug-likeness (QED) is 0.914. The number of aryl methyl sites for hydroxylation is 2. The van der Waals surface area contributed by atoms with Crippen molar-refractivity contribution in [3.63, 3.8) is 0 Å². The summed E-state index contributed by atoms with van der Waals surface area (Å²) < 4.78 is 7.63. The molecule has 0 radical (unpaired) electrons. The minimum atomic E-state index is -0.328. The third-order valence-corrected chi connectivity index (χ3v) is 4.17. The summed E-state index contributed by atoms with van der Waals surface area (Å²) >= 11 is 0. The number of carbonyl (C=O) groups is 1. The molecular weight excluding hydrogens is 308 g/mol. The van der Waals surface area contributed by atoms with Crippen molar-refractivity contribution in [3.05, 3.63) is 51.7 Å². The van der Waals surface area contributed by atoms with E-state index in [1.807, 2.05) is 25.3 Å². The van der Waals surface area contributed by atoms with E-state index < -0.39 is 0 Å². The number of rotatable bonds is 3. The summed E-state index contributed by atoms with van der Waals surface area (Å²) in [4.78, 5) is 29.5. The van der Waals surface area contributed by atoms with Crippen LogP contribution >= 0.6 is 0 Å². The molecule has 0 unspecified atom stereocenters. The Hall–Kier alpha value is -2.41. The number of aromatic amines is 1. The molecule has 0 spiro atoms. The van der Waals surface area contributed by atoms with E-state index in [0.717, 1.165) is 12.1 Å². The number of ether oxygens (including phenoxy) is 1. The van der Waals surface area contributed by atoms with Crippen LogP contribution in [0.15, 0.2) is 29.3 Å². The van der Waals surface area contributed by atoms with Crippen LogP contribution in [0.25, 0.3) is 0 Å². The summed E-state index contributed by atoms with van der Waals surface area (Å²) in [6, 6.07) is 3.68. The molecule has 7 nitrogen and oxygen atoms in total. The van der Waals surface area contributed by atoms with Gasteiger partial charge in [-0.2, -0.15) is 5.10 Å². The monoisotopic (exact) mass is 330 g/mol. The number of amides is 1. The van der Waals surface area contributed by atoms with Gasteiger partial charge in [-0.05, 0) is 38.0 Å². The molecule has 0 aromatic carbocycles. The van der Waals surface area contributed by atoms with E-state index in [-0.39, 0.29) is 23.1 Å². The summed E-state index contributed by atoms with van der Waals surface area (Å²) in [7, 11) is 0. The van der Waals surface area contributed by atoms with Gasteiger partial charge in [0.25, 0.3) is 11.5 Å². The molecule has 1 aliphatic heterocycles. The van der Waals surface area contributed by atoms with Crippen LogP contribution in [0.5, 0.6) is 0 Å². The Morgan fingerprint density at radius 2 is 2.29 bits per heavy atom. The molecule has 2 aromatic heterocycles. The van der Waals surface area contributed by atoms with Crippen LogP contribution in [-0.4, -0.2) is 51.4 Å². The van der Waals surface area contributed by atoms with Gasteiger partial charge in [0.1, 0.15) is 5.56 Å². The molecule has 24 heavy (non-hydrogen) atoms. The Morgan fingerprint density at radius 1 is 1.46 bits per heavy atom. The van der Waals surface area contributed by atoms with E-state index in [2.05, 4.69) is 10.1 Å². The first-order valence-electron chi connectivity index (χ1n) is 8.13. The third kappa shape index (κ3) is 3.56. The van der Waals surface area contributed by atoms with Gasteiger partial charge in [0.2, 0.25) is 0 Å². The molecule has 7 heteroatoms. The molecule has 1 aliphatic rings. The van der Waals surface area contributed by atoms with Crippen molar-refractivity contribution in [2.24, 2.45) is 0 Å². The molecular formula is C17H22N4O3. The Balaban J connectivity index is 1.79. The number of hydrogen-bond acceptors (Lipinski definition) is 4. The van der Waals surface area contributed by atoms with Crippen LogP contribution in [0.1, 0.15) is 28.0 Å². The van der Waals surface area contributed by atoms with Crippen LogP contribution in [-0.2, 0) is 11.3 Å². The number of nitrogens with zero attached hydrogens (tertiary/aromatic N) is 3. The minimum Gasteiger partial charge on any atom is -0.374 e. The second-order valence-corrected chi connectivity index (χ2v) is 6.17. The zero-order valence-corrected chi connectivity index (χ0v) is 14.0. The standard InChI is InChI=1S/C17H22N4O3/c1-12-9-13(2)19-16(22)15(12)17(23)20-6-4-8-24-14(10-20)11-21-7-3-5-18-21/h3,5,7,9,14H,4,6,8,10-11H2,1-2H3,(H,19,22)/t14-/m1/s1. The number of hydrogen-bond donors (Lipinski definition) is 1. The zero-order chi connectivity index (χ0) is 17.1. The zero-order valence-electron chi connectivity index (χ0n) is 14.0. The first-order chi connectivity index (χ1) is 11.5. The highest BCUT2D eigenvalue weighted by molar-refractivity contribution is 5.95. The molecule has 0 saturated carbocycles. The average Bonchev–Trinajstić information content (AvgIpc) is 2.90. The predicted molar refractivity (Wildman–Crippen MR) is 89.0 cm³/mol. The maximum absolute atomic E-state index is 12.9.